The minimum absolute atomic E-state index is 0.00475. The number of aromatic nitrogens is 3. The number of para-hydroxylation sites is 1. The van der Waals surface area contributed by atoms with Crippen LogP contribution in [0.3, 0.4) is 0 Å². The van der Waals surface area contributed by atoms with Crippen LogP contribution in [0.5, 0.6) is 0 Å². The van der Waals surface area contributed by atoms with Gasteiger partial charge in [-0.25, -0.2) is 4.98 Å². The Balaban J connectivity index is 1.55. The molecule has 1 unspecified atom stereocenters. The summed E-state index contributed by atoms with van der Waals surface area (Å²) in [5.74, 6) is -6.97. The Hall–Kier alpha value is -8.31. The molecule has 0 bridgehead atoms. The molecule has 1 aliphatic rings. The van der Waals surface area contributed by atoms with E-state index < -0.39 is 95.5 Å². The molecule has 0 saturated carbocycles. The normalized spacial score (nSPS) is 21.3. The van der Waals surface area contributed by atoms with Gasteiger partial charge in [-0.05, 0) is 55.7 Å². The molecular weight excluding hydrogens is 955 g/mol. The Labute approximate surface area is 428 Å². The molecule has 5 rings (SSSR count). The van der Waals surface area contributed by atoms with Gasteiger partial charge < -0.3 is 69.3 Å². The highest BCUT2D eigenvalue weighted by Gasteiger charge is 2.35. The Morgan fingerprint density at radius 2 is 1.42 bits per heavy atom. The zero-order chi connectivity index (χ0) is 53.6. The van der Waals surface area contributed by atoms with Gasteiger partial charge in [0.1, 0.15) is 42.3 Å². The molecule has 398 valence electrons. The molecule has 3 heterocycles. The van der Waals surface area contributed by atoms with Crippen molar-refractivity contribution in [1.82, 2.24) is 62.8 Å². The van der Waals surface area contributed by atoms with Crippen LogP contribution in [0.25, 0.3) is 10.9 Å². The number of nitrogens with zero attached hydrogens (tertiary/aromatic N) is 1. The molecule has 1 saturated heterocycles. The van der Waals surface area contributed by atoms with Crippen LogP contribution in [-0.2, 0) is 62.4 Å². The highest BCUT2D eigenvalue weighted by atomic mass is 16.2. The van der Waals surface area contributed by atoms with Crippen LogP contribution in [0.15, 0.2) is 73.3 Å². The van der Waals surface area contributed by atoms with Crippen LogP contribution in [-0.4, -0.2) is 129 Å². The maximum atomic E-state index is 14.7. The fraction of sp³-hybridized carbons (Fsp3) is 0.460. The average Bonchev–Trinajstić information content (AvgIpc) is 4.04. The zero-order valence-corrected chi connectivity index (χ0v) is 41.6. The first-order chi connectivity index (χ1) is 35.5. The lowest BCUT2D eigenvalue weighted by molar-refractivity contribution is -0.135. The molecule has 9 amide bonds. The number of hydrogen-bond acceptors (Lipinski definition) is 11. The standard InChI is InChI=1S/C50H69N15O9/c1-3-4-15-36(59-29(2)66)44(69)61-37-17-10-21-55-42(67)20-19-35(43(51)68)60-48(73)40(24-31-26-57-34-16-9-8-14-33(31)34)64-45(70)38(18-11-22-56-50(52)53)62-47(72)39(23-30-12-6-5-7-13-30)63-49(74)41(65-46(37)71)25-32-27-54-28-58-32/h5-9,12-14,16,26-28,35-41,57H,3-4,10-11,15,17-25H2,1-2H3,(H2,51,68)(H,54,58)(H,55,67)(H,59,66)(H,60,73)(H,61,69)(H,62,72)(H,63,74)(H,64,70)(H,65,71)(H4,52,53,56)/t35?,36-,37-,38-,39+,40-,41-/m0/s1. The van der Waals surface area contributed by atoms with Gasteiger partial charge in [0.15, 0.2) is 5.96 Å². The molecule has 24 heteroatoms. The molecule has 74 heavy (non-hydrogen) atoms. The largest absolute Gasteiger partial charge is 0.370 e. The van der Waals surface area contributed by atoms with Gasteiger partial charge in [0, 0.05) is 69.0 Å². The van der Waals surface area contributed by atoms with Crippen LogP contribution in [0.2, 0.25) is 0 Å². The smallest absolute Gasteiger partial charge is 0.243 e. The van der Waals surface area contributed by atoms with Crippen LogP contribution in [0.1, 0.15) is 88.5 Å². The van der Waals surface area contributed by atoms with Crippen LogP contribution in [0.4, 0.5) is 0 Å². The Morgan fingerprint density at radius 3 is 2.09 bits per heavy atom. The van der Waals surface area contributed by atoms with Crippen molar-refractivity contribution in [1.29, 1.82) is 5.41 Å². The molecule has 7 atom stereocenters. The predicted octanol–water partition coefficient (Wildman–Crippen LogP) is -1.04. The van der Waals surface area contributed by atoms with E-state index in [0.29, 0.717) is 29.7 Å². The van der Waals surface area contributed by atoms with Gasteiger partial charge in [-0.2, -0.15) is 0 Å². The molecule has 1 aliphatic heterocycles. The van der Waals surface area contributed by atoms with E-state index in [1.165, 1.54) is 19.4 Å². The SMILES string of the molecule is CCCC[C@H](NC(C)=O)C(=O)N[C@H]1CCCNC(=O)CCC(C(N)=O)NC(=O)[C@H](Cc2c[nH]c3ccccc23)NC(=O)[C@H](CCCNC(=N)N)NC(=O)[C@@H](Cc2ccccc2)NC(=O)[C@H](Cc2c[nH]cn2)NC1=O. The van der Waals surface area contributed by atoms with Crippen molar-refractivity contribution in [3.05, 3.63) is 90.1 Å². The summed E-state index contributed by atoms with van der Waals surface area (Å²) < 4.78 is 0. The minimum atomic E-state index is -1.40. The van der Waals surface area contributed by atoms with Gasteiger partial charge in [-0.15, -0.1) is 0 Å². The Morgan fingerprint density at radius 1 is 0.770 bits per heavy atom. The van der Waals surface area contributed by atoms with Gasteiger partial charge in [-0.3, -0.25) is 48.6 Å². The lowest BCUT2D eigenvalue weighted by atomic mass is 10.0. The van der Waals surface area contributed by atoms with Crippen molar-refractivity contribution in [3.8, 4) is 0 Å². The number of aromatic amines is 2. The molecule has 2 aromatic heterocycles. The van der Waals surface area contributed by atoms with Crippen LogP contribution >= 0.6 is 0 Å². The fourth-order valence-electron chi connectivity index (χ4n) is 8.42. The summed E-state index contributed by atoms with van der Waals surface area (Å²) in [5.41, 5.74) is 13.7. The number of H-pyrrole nitrogens is 2. The molecule has 0 aliphatic carbocycles. The van der Waals surface area contributed by atoms with Crippen molar-refractivity contribution in [2.45, 2.75) is 133 Å². The van der Waals surface area contributed by atoms with E-state index in [0.717, 1.165) is 10.9 Å². The monoisotopic (exact) mass is 1020 g/mol. The number of hydrogen-bond donors (Lipinski definition) is 14. The van der Waals surface area contributed by atoms with Gasteiger partial charge in [-0.1, -0.05) is 68.3 Å². The quantitative estimate of drug-likeness (QED) is 0.0343. The molecule has 1 fully saturated rings. The number of rotatable bonds is 17. The second kappa shape index (κ2) is 28.7. The predicted molar refractivity (Wildman–Crippen MR) is 273 cm³/mol. The summed E-state index contributed by atoms with van der Waals surface area (Å²) in [6.07, 6.45) is 5.47. The molecular formula is C50H69N15O9. The first kappa shape index (κ1) is 56.6. The average molecular weight is 1020 g/mol. The van der Waals surface area contributed by atoms with E-state index in [2.05, 4.69) is 62.8 Å². The first-order valence-electron chi connectivity index (χ1n) is 24.8. The number of amides is 9. The summed E-state index contributed by atoms with van der Waals surface area (Å²) in [7, 11) is 0. The number of carbonyl (C=O) groups is 9. The molecule has 4 aromatic rings. The molecule has 2 aromatic carbocycles. The number of nitrogens with one attached hydrogen (secondary N) is 12. The van der Waals surface area contributed by atoms with Crippen molar-refractivity contribution in [2.24, 2.45) is 11.5 Å². The maximum absolute atomic E-state index is 14.7. The van der Waals surface area contributed by atoms with Gasteiger partial charge >= 0.3 is 0 Å². The van der Waals surface area contributed by atoms with Gasteiger partial charge in [0.2, 0.25) is 53.2 Å². The summed E-state index contributed by atoms with van der Waals surface area (Å²) >= 11 is 0. The molecule has 0 radical (unpaired) electrons. The van der Waals surface area contributed by atoms with Crippen molar-refractivity contribution >= 4 is 70.0 Å². The van der Waals surface area contributed by atoms with Crippen molar-refractivity contribution in [3.63, 3.8) is 0 Å². The third kappa shape index (κ3) is 18.1. The highest BCUT2D eigenvalue weighted by molar-refractivity contribution is 5.98. The summed E-state index contributed by atoms with van der Waals surface area (Å²) in [6, 6.07) is 6.84. The van der Waals surface area contributed by atoms with Gasteiger partial charge in [0.05, 0.1) is 12.0 Å². The van der Waals surface area contributed by atoms with E-state index >= 15 is 0 Å². The number of benzene rings is 2. The van der Waals surface area contributed by atoms with E-state index in [4.69, 9.17) is 16.9 Å². The number of fused-ring (bicyclic) bond motifs is 1. The summed E-state index contributed by atoms with van der Waals surface area (Å²) in [6.45, 7) is 3.30. The second-order valence-electron chi connectivity index (χ2n) is 18.2. The number of carbonyl (C=O) groups excluding carboxylic acids is 9. The number of primary amides is 1. The lowest BCUT2D eigenvalue weighted by Gasteiger charge is -2.28. The van der Waals surface area contributed by atoms with Crippen molar-refractivity contribution < 1.29 is 43.2 Å². The second-order valence-corrected chi connectivity index (χ2v) is 18.2. The van der Waals surface area contributed by atoms with Crippen LogP contribution < -0.4 is 59.3 Å². The zero-order valence-electron chi connectivity index (χ0n) is 41.6. The number of unbranched alkanes of at least 4 members (excludes halogenated alkanes) is 1. The fourth-order valence-corrected chi connectivity index (χ4v) is 8.42. The topological polar surface area (TPSA) is 382 Å². The van der Waals surface area contributed by atoms with Gasteiger partial charge in [0.25, 0.3) is 0 Å². The minimum Gasteiger partial charge on any atom is -0.370 e. The van der Waals surface area contributed by atoms with Crippen LogP contribution in [0, 0.1) is 5.41 Å². The Bertz CT molecular complexity index is 2570. The van der Waals surface area contributed by atoms with Crippen molar-refractivity contribution in [2.75, 3.05) is 13.1 Å². The van der Waals surface area contributed by atoms with E-state index in [-0.39, 0.29) is 83.3 Å². The lowest BCUT2D eigenvalue weighted by Crippen LogP contribution is -2.60. The van der Waals surface area contributed by atoms with E-state index in [9.17, 15) is 43.2 Å². The van der Waals surface area contributed by atoms with E-state index in [1.807, 2.05) is 25.1 Å². The molecule has 16 N–H and O–H groups in total. The number of guanidine groups is 1. The molecule has 0 spiro atoms. The summed E-state index contributed by atoms with van der Waals surface area (Å²) in [4.78, 5) is 135. The maximum Gasteiger partial charge on any atom is 0.243 e. The third-order valence-corrected chi connectivity index (χ3v) is 12.4. The van der Waals surface area contributed by atoms with E-state index in [1.54, 1.807) is 42.6 Å². The summed E-state index contributed by atoms with van der Waals surface area (Å²) in [5, 5.41) is 32.8. The number of nitrogens with two attached hydrogens (primary N) is 2. The third-order valence-electron chi connectivity index (χ3n) is 12.4. The Kier molecular flexibility index (Phi) is 21.9. The number of imidazole rings is 1. The highest BCUT2D eigenvalue weighted by Crippen LogP contribution is 2.20. The molecule has 24 nitrogen and oxygen atoms in total. The first-order valence-corrected chi connectivity index (χ1v) is 24.8.